The van der Waals surface area contributed by atoms with E-state index in [2.05, 4.69) is 5.32 Å². The first-order chi connectivity index (χ1) is 13.0. The van der Waals surface area contributed by atoms with E-state index in [4.69, 9.17) is 19.3 Å². The van der Waals surface area contributed by atoms with Crippen molar-refractivity contribution in [3.05, 3.63) is 53.8 Å². The summed E-state index contributed by atoms with van der Waals surface area (Å²) in [5.41, 5.74) is 0.312. The fraction of sp³-hybridized carbons (Fsp3) is 0.263. The number of para-hydroxylation sites is 1. The normalized spacial score (nSPS) is 10.1. The van der Waals surface area contributed by atoms with Crippen LogP contribution in [0.25, 0.3) is 0 Å². The van der Waals surface area contributed by atoms with Crippen LogP contribution in [0, 0.1) is 5.82 Å². The van der Waals surface area contributed by atoms with E-state index in [9.17, 15) is 14.0 Å². The second kappa shape index (κ2) is 10.0. The minimum absolute atomic E-state index is 0.102. The van der Waals surface area contributed by atoms with Gasteiger partial charge in [0.05, 0.1) is 13.2 Å². The number of carbonyl (C=O) groups is 2. The average Bonchev–Trinajstić information content (AvgIpc) is 2.65. The van der Waals surface area contributed by atoms with Gasteiger partial charge in [0.2, 0.25) is 0 Å². The second-order valence-electron chi connectivity index (χ2n) is 5.31. The van der Waals surface area contributed by atoms with Crippen molar-refractivity contribution < 1.29 is 33.3 Å². The molecule has 2 rings (SSSR count). The average molecular weight is 377 g/mol. The third-order valence-corrected chi connectivity index (χ3v) is 3.34. The highest BCUT2D eigenvalue weighted by molar-refractivity contribution is 5.94. The summed E-state index contributed by atoms with van der Waals surface area (Å²) in [5.74, 6) is -1.34. The van der Waals surface area contributed by atoms with Crippen LogP contribution < -0.4 is 19.5 Å². The Labute approximate surface area is 155 Å². The predicted molar refractivity (Wildman–Crippen MR) is 95.0 cm³/mol. The van der Waals surface area contributed by atoms with E-state index in [1.807, 2.05) is 0 Å². The van der Waals surface area contributed by atoms with E-state index in [-0.39, 0.29) is 36.3 Å². The molecule has 144 valence electrons. The van der Waals surface area contributed by atoms with Gasteiger partial charge in [-0.2, -0.15) is 0 Å². The molecule has 2 aromatic rings. The Hall–Kier alpha value is -3.29. The molecule has 8 heteroatoms. The maximum atomic E-state index is 13.4. The molecular formula is C19H20FNO6. The summed E-state index contributed by atoms with van der Waals surface area (Å²) in [6.07, 6.45) is 0. The summed E-state index contributed by atoms with van der Waals surface area (Å²) in [7, 11) is 0. The van der Waals surface area contributed by atoms with Crippen LogP contribution in [0.2, 0.25) is 0 Å². The summed E-state index contributed by atoms with van der Waals surface area (Å²) in [4.78, 5) is 22.8. The Balaban J connectivity index is 1.92. The molecule has 27 heavy (non-hydrogen) atoms. The van der Waals surface area contributed by atoms with E-state index in [0.717, 1.165) is 0 Å². The van der Waals surface area contributed by atoms with Gasteiger partial charge in [-0.05, 0) is 37.3 Å². The van der Waals surface area contributed by atoms with Gasteiger partial charge >= 0.3 is 5.97 Å². The zero-order chi connectivity index (χ0) is 19.6. The highest BCUT2D eigenvalue weighted by atomic mass is 19.1. The van der Waals surface area contributed by atoms with Gasteiger partial charge in [0.1, 0.15) is 6.61 Å². The molecule has 2 N–H and O–H groups in total. The Kier molecular flexibility index (Phi) is 7.42. The Bertz CT molecular complexity index is 796. The third kappa shape index (κ3) is 6.18. The number of halogens is 1. The standard InChI is InChI=1S/C19H20FNO6/c1-2-25-17-11-13(7-8-16(17)27-12-18(22)23)19(24)21-9-10-26-15-6-4-3-5-14(15)20/h3-8,11H,2,9-10,12H2,1H3,(H,21,24)(H,22,23). The lowest BCUT2D eigenvalue weighted by Crippen LogP contribution is -2.28. The number of rotatable bonds is 10. The van der Waals surface area contributed by atoms with Crippen molar-refractivity contribution in [1.29, 1.82) is 0 Å². The van der Waals surface area contributed by atoms with Gasteiger partial charge in [-0.3, -0.25) is 4.79 Å². The summed E-state index contributed by atoms with van der Waals surface area (Å²) in [5, 5.41) is 11.3. The smallest absolute Gasteiger partial charge is 0.341 e. The minimum Gasteiger partial charge on any atom is -0.490 e. The number of hydrogen-bond donors (Lipinski definition) is 2. The molecule has 0 radical (unpaired) electrons. The molecule has 7 nitrogen and oxygen atoms in total. The number of carboxylic acid groups (broad SMARTS) is 1. The van der Waals surface area contributed by atoms with E-state index in [1.54, 1.807) is 19.1 Å². The van der Waals surface area contributed by atoms with Crippen LogP contribution in [-0.4, -0.2) is 43.3 Å². The molecule has 1 amide bonds. The number of aliphatic carboxylic acids is 1. The molecule has 0 saturated heterocycles. The maximum Gasteiger partial charge on any atom is 0.341 e. The van der Waals surface area contributed by atoms with Crippen molar-refractivity contribution in [2.75, 3.05) is 26.4 Å². The van der Waals surface area contributed by atoms with Gasteiger partial charge in [0, 0.05) is 5.56 Å². The van der Waals surface area contributed by atoms with Crippen LogP contribution in [0.4, 0.5) is 4.39 Å². The van der Waals surface area contributed by atoms with Crippen molar-refractivity contribution in [2.45, 2.75) is 6.92 Å². The van der Waals surface area contributed by atoms with Crippen molar-refractivity contribution in [3.8, 4) is 17.2 Å². The van der Waals surface area contributed by atoms with E-state index in [1.165, 1.54) is 30.3 Å². The molecule has 2 aromatic carbocycles. The lowest BCUT2D eigenvalue weighted by molar-refractivity contribution is -0.139. The number of hydrogen-bond acceptors (Lipinski definition) is 5. The summed E-state index contributed by atoms with van der Waals surface area (Å²) >= 11 is 0. The van der Waals surface area contributed by atoms with Crippen LogP contribution in [0.15, 0.2) is 42.5 Å². The first-order valence-electron chi connectivity index (χ1n) is 8.28. The molecule has 0 saturated carbocycles. The first-order valence-corrected chi connectivity index (χ1v) is 8.28. The van der Waals surface area contributed by atoms with Crippen molar-refractivity contribution in [1.82, 2.24) is 5.32 Å². The monoisotopic (exact) mass is 377 g/mol. The largest absolute Gasteiger partial charge is 0.490 e. The number of nitrogens with one attached hydrogen (secondary N) is 1. The summed E-state index contributed by atoms with van der Waals surface area (Å²) < 4.78 is 29.2. The van der Waals surface area contributed by atoms with Gasteiger partial charge in [0.25, 0.3) is 5.91 Å². The molecule has 0 aromatic heterocycles. The Morgan fingerprint density at radius 3 is 2.52 bits per heavy atom. The summed E-state index contributed by atoms with van der Waals surface area (Å²) in [6, 6.07) is 10.4. The fourth-order valence-corrected chi connectivity index (χ4v) is 2.17. The van der Waals surface area contributed by atoms with E-state index in [0.29, 0.717) is 12.2 Å². The van der Waals surface area contributed by atoms with Crippen molar-refractivity contribution in [3.63, 3.8) is 0 Å². The molecule has 0 bridgehead atoms. The van der Waals surface area contributed by atoms with Gasteiger partial charge in [0.15, 0.2) is 29.7 Å². The number of amides is 1. The Morgan fingerprint density at radius 2 is 1.81 bits per heavy atom. The molecule has 0 unspecified atom stereocenters. The zero-order valence-corrected chi connectivity index (χ0v) is 14.7. The molecule has 0 aliphatic heterocycles. The number of carboxylic acids is 1. The fourth-order valence-electron chi connectivity index (χ4n) is 2.17. The van der Waals surface area contributed by atoms with Crippen LogP contribution in [0.1, 0.15) is 17.3 Å². The van der Waals surface area contributed by atoms with E-state index >= 15 is 0 Å². The molecule has 0 heterocycles. The van der Waals surface area contributed by atoms with Crippen molar-refractivity contribution in [2.24, 2.45) is 0 Å². The molecule has 0 spiro atoms. The molecule has 0 fully saturated rings. The van der Waals surface area contributed by atoms with Crippen LogP contribution >= 0.6 is 0 Å². The van der Waals surface area contributed by atoms with E-state index < -0.39 is 18.4 Å². The minimum atomic E-state index is -1.12. The quantitative estimate of drug-likeness (QED) is 0.618. The molecule has 0 aliphatic rings. The second-order valence-corrected chi connectivity index (χ2v) is 5.31. The molecular weight excluding hydrogens is 357 g/mol. The molecule has 0 atom stereocenters. The Morgan fingerprint density at radius 1 is 1.04 bits per heavy atom. The third-order valence-electron chi connectivity index (χ3n) is 3.34. The van der Waals surface area contributed by atoms with Gasteiger partial charge < -0.3 is 24.6 Å². The van der Waals surface area contributed by atoms with Crippen LogP contribution in [0.3, 0.4) is 0 Å². The van der Waals surface area contributed by atoms with Gasteiger partial charge in [-0.15, -0.1) is 0 Å². The number of benzene rings is 2. The predicted octanol–water partition coefficient (Wildman–Crippen LogP) is 2.50. The number of carbonyl (C=O) groups excluding carboxylic acids is 1. The van der Waals surface area contributed by atoms with Crippen LogP contribution in [-0.2, 0) is 4.79 Å². The highest BCUT2D eigenvalue weighted by Gasteiger charge is 2.12. The topological polar surface area (TPSA) is 94.1 Å². The summed E-state index contributed by atoms with van der Waals surface area (Å²) in [6.45, 7) is 1.84. The van der Waals surface area contributed by atoms with Gasteiger partial charge in [-0.25, -0.2) is 9.18 Å². The SMILES string of the molecule is CCOc1cc(C(=O)NCCOc2ccccc2F)ccc1OCC(=O)O. The van der Waals surface area contributed by atoms with Gasteiger partial charge in [-0.1, -0.05) is 12.1 Å². The highest BCUT2D eigenvalue weighted by Crippen LogP contribution is 2.28. The maximum absolute atomic E-state index is 13.4. The zero-order valence-electron chi connectivity index (χ0n) is 14.7. The lowest BCUT2D eigenvalue weighted by atomic mass is 10.2. The number of ether oxygens (including phenoxy) is 3. The van der Waals surface area contributed by atoms with Crippen molar-refractivity contribution >= 4 is 11.9 Å². The lowest BCUT2D eigenvalue weighted by Gasteiger charge is -2.13. The molecule has 0 aliphatic carbocycles. The van der Waals surface area contributed by atoms with Crippen LogP contribution in [0.5, 0.6) is 17.2 Å². The first kappa shape index (κ1) is 20.0.